The maximum atomic E-state index is 13.3. The summed E-state index contributed by atoms with van der Waals surface area (Å²) < 4.78 is 13.3. The number of phenols is 1. The predicted molar refractivity (Wildman–Crippen MR) is 127 cm³/mol. The van der Waals surface area contributed by atoms with Crippen LogP contribution in [0, 0.1) is 5.82 Å². The van der Waals surface area contributed by atoms with Gasteiger partial charge in [-0.05, 0) is 30.0 Å². The Bertz CT molecular complexity index is 1290. The Labute approximate surface area is 194 Å². The molecule has 3 aromatic rings. The maximum Gasteiger partial charge on any atom is 0.258 e. The summed E-state index contributed by atoms with van der Waals surface area (Å²) in [4.78, 5) is 36.3. The molecule has 33 heavy (non-hydrogen) atoms. The lowest BCUT2D eigenvalue weighted by atomic mass is 9.96. The Morgan fingerprint density at radius 1 is 1.36 bits per heavy atom. The van der Waals surface area contributed by atoms with Crippen LogP contribution in [0.15, 0.2) is 60.4 Å². The second-order valence-electron chi connectivity index (χ2n) is 7.36. The van der Waals surface area contributed by atoms with Gasteiger partial charge < -0.3 is 15.3 Å². The van der Waals surface area contributed by atoms with Crippen LogP contribution >= 0.6 is 11.8 Å². The van der Waals surface area contributed by atoms with Crippen molar-refractivity contribution < 1.29 is 19.1 Å². The monoisotopic (exact) mass is 464 g/mol. The number of hydrogen-bond acceptors (Lipinski definition) is 6. The summed E-state index contributed by atoms with van der Waals surface area (Å²) in [5.41, 5.74) is 1.71. The molecule has 2 aromatic carbocycles. The number of thioether (sulfide) groups is 1. The summed E-state index contributed by atoms with van der Waals surface area (Å²) in [5, 5.41) is 14.8. The number of rotatable bonds is 6. The van der Waals surface area contributed by atoms with Crippen LogP contribution in [0.5, 0.6) is 5.75 Å². The summed E-state index contributed by atoms with van der Waals surface area (Å²) >= 11 is 1.39. The van der Waals surface area contributed by atoms with E-state index in [2.05, 4.69) is 21.9 Å². The first-order valence-electron chi connectivity index (χ1n) is 10.1. The normalized spacial score (nSPS) is 13.3. The van der Waals surface area contributed by atoms with Crippen molar-refractivity contribution >= 4 is 39.5 Å². The van der Waals surface area contributed by atoms with Gasteiger partial charge in [0, 0.05) is 36.4 Å². The molecule has 0 unspecified atom stereocenters. The summed E-state index contributed by atoms with van der Waals surface area (Å²) in [7, 11) is 0. The molecule has 7 nitrogen and oxygen atoms in total. The third-order valence-electron chi connectivity index (χ3n) is 5.38. The van der Waals surface area contributed by atoms with Crippen LogP contribution in [-0.2, 0) is 13.1 Å². The van der Waals surface area contributed by atoms with Crippen LogP contribution in [0.2, 0.25) is 0 Å². The maximum absolute atomic E-state index is 13.3. The van der Waals surface area contributed by atoms with Gasteiger partial charge in [-0.2, -0.15) is 0 Å². The number of nitrogens with zero attached hydrogens (tertiary/aromatic N) is 3. The number of nitrogens with one attached hydrogen (secondary N) is 1. The smallest absolute Gasteiger partial charge is 0.258 e. The minimum Gasteiger partial charge on any atom is -0.505 e. The molecule has 1 aliphatic heterocycles. The van der Waals surface area contributed by atoms with Crippen LogP contribution in [0.25, 0.3) is 10.9 Å². The van der Waals surface area contributed by atoms with E-state index >= 15 is 0 Å². The second kappa shape index (κ2) is 9.41. The molecule has 1 aromatic heterocycles. The third-order valence-corrected chi connectivity index (χ3v) is 6.10. The predicted octanol–water partition coefficient (Wildman–Crippen LogP) is 3.87. The highest BCUT2D eigenvalue weighted by Crippen LogP contribution is 2.39. The molecule has 4 rings (SSSR count). The van der Waals surface area contributed by atoms with E-state index in [1.165, 1.54) is 41.2 Å². The molecule has 0 radical (unpaired) electrons. The highest BCUT2D eigenvalue weighted by Gasteiger charge is 2.36. The van der Waals surface area contributed by atoms with Crippen LogP contribution in [-0.4, -0.2) is 44.6 Å². The molecule has 0 bridgehead atoms. The van der Waals surface area contributed by atoms with Crippen molar-refractivity contribution in [2.75, 3.05) is 12.8 Å². The highest BCUT2D eigenvalue weighted by molar-refractivity contribution is 8.13. The van der Waals surface area contributed by atoms with Crippen LogP contribution in [0.1, 0.15) is 31.8 Å². The summed E-state index contributed by atoms with van der Waals surface area (Å²) in [6.07, 6.45) is 4.74. The van der Waals surface area contributed by atoms with Gasteiger partial charge in [-0.15, -0.1) is 11.8 Å². The topological polar surface area (TPSA) is 94.9 Å². The van der Waals surface area contributed by atoms with Crippen molar-refractivity contribution in [3.05, 3.63) is 83.4 Å². The van der Waals surface area contributed by atoms with Crippen LogP contribution in [0.4, 0.5) is 4.39 Å². The average molecular weight is 465 g/mol. The SMILES string of the molecule is C=CN=C(CNC(=O)c1c2c(c(O)c3ncccc13)C(=O)N(Cc1ccc(F)cc1)C2)SC. The van der Waals surface area contributed by atoms with Gasteiger partial charge >= 0.3 is 0 Å². The van der Waals surface area contributed by atoms with E-state index in [4.69, 9.17) is 0 Å². The van der Waals surface area contributed by atoms with Crippen molar-refractivity contribution in [1.82, 2.24) is 15.2 Å². The van der Waals surface area contributed by atoms with Gasteiger partial charge in [0.2, 0.25) is 0 Å². The van der Waals surface area contributed by atoms with Crippen molar-refractivity contribution in [1.29, 1.82) is 0 Å². The van der Waals surface area contributed by atoms with E-state index in [1.807, 2.05) is 6.26 Å². The van der Waals surface area contributed by atoms with Crippen molar-refractivity contribution in [2.45, 2.75) is 13.1 Å². The van der Waals surface area contributed by atoms with E-state index < -0.39 is 11.8 Å². The van der Waals surface area contributed by atoms with E-state index in [9.17, 15) is 19.1 Å². The van der Waals surface area contributed by atoms with Crippen molar-refractivity contribution in [2.24, 2.45) is 4.99 Å². The lowest BCUT2D eigenvalue weighted by Crippen LogP contribution is -2.29. The summed E-state index contributed by atoms with van der Waals surface area (Å²) in [5.74, 6) is -1.42. The molecule has 0 spiro atoms. The Morgan fingerprint density at radius 3 is 2.82 bits per heavy atom. The highest BCUT2D eigenvalue weighted by atomic mass is 32.2. The van der Waals surface area contributed by atoms with Gasteiger partial charge in [-0.3, -0.25) is 19.6 Å². The number of aromatic hydroxyl groups is 1. The number of carbonyl (C=O) groups is 2. The molecule has 0 atom stereocenters. The van der Waals surface area contributed by atoms with E-state index in [-0.39, 0.29) is 42.3 Å². The van der Waals surface area contributed by atoms with E-state index in [1.54, 1.807) is 24.3 Å². The van der Waals surface area contributed by atoms with Gasteiger partial charge in [0.1, 0.15) is 11.3 Å². The van der Waals surface area contributed by atoms with Gasteiger partial charge in [0.05, 0.1) is 22.7 Å². The first-order chi connectivity index (χ1) is 15.9. The molecule has 0 fully saturated rings. The zero-order valence-electron chi connectivity index (χ0n) is 17.8. The molecule has 0 saturated carbocycles. The fraction of sp³-hybridized carbons (Fsp3) is 0.167. The second-order valence-corrected chi connectivity index (χ2v) is 8.24. The molecule has 2 N–H and O–H groups in total. The van der Waals surface area contributed by atoms with E-state index in [0.29, 0.717) is 21.6 Å². The number of amides is 2. The molecule has 2 amide bonds. The molecular formula is C24H21FN4O3S. The fourth-order valence-corrected chi connectivity index (χ4v) is 4.26. The summed E-state index contributed by atoms with van der Waals surface area (Å²) in [6, 6.07) is 9.21. The largest absolute Gasteiger partial charge is 0.505 e. The Morgan fingerprint density at radius 2 is 2.12 bits per heavy atom. The minimum absolute atomic E-state index is 0.0679. The number of aliphatic imine (C=N–C) groups is 1. The first kappa shape index (κ1) is 22.5. The number of fused-ring (bicyclic) bond motifs is 2. The third kappa shape index (κ3) is 4.31. The van der Waals surface area contributed by atoms with Crippen LogP contribution in [0.3, 0.4) is 0 Å². The molecule has 9 heteroatoms. The lowest BCUT2D eigenvalue weighted by Gasteiger charge is -2.16. The zero-order chi connectivity index (χ0) is 23.5. The number of aromatic nitrogens is 1. The molecular weight excluding hydrogens is 443 g/mol. The molecule has 0 saturated heterocycles. The minimum atomic E-state index is -0.411. The quantitative estimate of drug-likeness (QED) is 0.427. The zero-order valence-corrected chi connectivity index (χ0v) is 18.7. The number of phenolic OH excluding ortho intramolecular Hbond substituents is 1. The number of hydrogen-bond donors (Lipinski definition) is 2. The Kier molecular flexibility index (Phi) is 6.41. The number of halogens is 1. The Balaban J connectivity index is 1.74. The standard InChI is InChI=1S/C24H21FN4O3S/c1-3-26-18(33-2)11-28-23(31)19-16-5-4-10-27-21(16)22(30)20-17(19)13-29(24(20)32)12-14-6-8-15(25)9-7-14/h3-10,30H,1,11-13H2,2H3,(H,28,31). The molecule has 2 heterocycles. The van der Waals surface area contributed by atoms with Crippen molar-refractivity contribution in [3.63, 3.8) is 0 Å². The molecule has 1 aliphatic rings. The van der Waals surface area contributed by atoms with Gasteiger partial charge in [0.25, 0.3) is 11.8 Å². The van der Waals surface area contributed by atoms with Gasteiger partial charge in [-0.25, -0.2) is 4.39 Å². The van der Waals surface area contributed by atoms with Crippen molar-refractivity contribution in [3.8, 4) is 5.75 Å². The number of pyridine rings is 1. The molecule has 168 valence electrons. The Hall–Kier alpha value is -3.72. The first-order valence-corrected chi connectivity index (χ1v) is 11.3. The summed E-state index contributed by atoms with van der Waals surface area (Å²) in [6.45, 7) is 4.10. The molecule has 0 aliphatic carbocycles. The van der Waals surface area contributed by atoms with E-state index in [0.717, 1.165) is 5.56 Å². The number of benzene rings is 2. The van der Waals surface area contributed by atoms with Gasteiger partial charge in [0.15, 0.2) is 5.75 Å². The average Bonchev–Trinajstić information content (AvgIpc) is 3.14. The number of carbonyl (C=O) groups excluding carboxylic acids is 2. The lowest BCUT2D eigenvalue weighted by molar-refractivity contribution is 0.0763. The van der Waals surface area contributed by atoms with Gasteiger partial charge in [-0.1, -0.05) is 24.8 Å². The van der Waals surface area contributed by atoms with Crippen LogP contribution < -0.4 is 5.32 Å². The fourth-order valence-electron chi connectivity index (χ4n) is 3.87.